The van der Waals surface area contributed by atoms with Crippen molar-refractivity contribution < 1.29 is 14.3 Å². The van der Waals surface area contributed by atoms with Crippen molar-refractivity contribution in [3.8, 4) is 5.95 Å². The maximum absolute atomic E-state index is 12.5. The van der Waals surface area contributed by atoms with Crippen molar-refractivity contribution in [3.05, 3.63) is 39.6 Å². The molecule has 2 aromatic rings. The van der Waals surface area contributed by atoms with Crippen LogP contribution in [-0.2, 0) is 27.3 Å². The summed E-state index contributed by atoms with van der Waals surface area (Å²) in [7, 11) is 0. The van der Waals surface area contributed by atoms with Gasteiger partial charge in [0.05, 0.1) is 12.3 Å². The third kappa shape index (κ3) is 4.56. The van der Waals surface area contributed by atoms with Gasteiger partial charge in [-0.05, 0) is 33.3 Å². The average Bonchev–Trinajstić information content (AvgIpc) is 2.93. The first-order valence-electron chi connectivity index (χ1n) is 8.42. The van der Waals surface area contributed by atoms with Gasteiger partial charge in [-0.2, -0.15) is 5.10 Å². The van der Waals surface area contributed by atoms with E-state index in [4.69, 9.17) is 4.74 Å². The number of carbonyl (C=O) groups excluding carboxylic acids is 2. The molecule has 2 rings (SSSR count). The van der Waals surface area contributed by atoms with Crippen molar-refractivity contribution in [2.45, 2.75) is 40.7 Å². The van der Waals surface area contributed by atoms with Gasteiger partial charge in [0.15, 0.2) is 0 Å². The minimum Gasteiger partial charge on any atom is -0.465 e. The Morgan fingerprint density at radius 2 is 1.96 bits per heavy atom. The van der Waals surface area contributed by atoms with Crippen molar-refractivity contribution in [2.24, 2.45) is 0 Å². The van der Waals surface area contributed by atoms with Gasteiger partial charge >= 0.3 is 5.97 Å². The number of rotatable bonds is 7. The average molecular weight is 361 g/mol. The predicted octanol–water partition coefficient (Wildman–Crippen LogP) is 0.288. The van der Waals surface area contributed by atoms with Gasteiger partial charge in [-0.3, -0.25) is 19.0 Å². The Balaban J connectivity index is 2.33. The maximum atomic E-state index is 12.5. The second-order valence-electron chi connectivity index (χ2n) is 5.75. The van der Waals surface area contributed by atoms with Crippen LogP contribution >= 0.6 is 0 Å². The molecule has 0 fully saturated rings. The summed E-state index contributed by atoms with van der Waals surface area (Å²) in [4.78, 5) is 40.5. The molecule has 0 saturated heterocycles. The molecule has 2 aromatic heterocycles. The number of ether oxygens (including phenoxy) is 1. The van der Waals surface area contributed by atoms with Crippen molar-refractivity contribution >= 4 is 11.9 Å². The topological polar surface area (TPSA) is 108 Å². The Bertz CT molecular complexity index is 869. The lowest BCUT2D eigenvalue weighted by Crippen LogP contribution is -2.37. The smallest absolute Gasteiger partial charge is 0.325 e. The molecule has 0 saturated carbocycles. The second kappa shape index (κ2) is 8.41. The fraction of sp³-hybridized carbons (Fsp3) is 0.471. The summed E-state index contributed by atoms with van der Waals surface area (Å²) in [6, 6.07) is 3.25. The zero-order chi connectivity index (χ0) is 19.3. The summed E-state index contributed by atoms with van der Waals surface area (Å²) in [6.07, 6.45) is 0.581. The third-order valence-electron chi connectivity index (χ3n) is 3.64. The number of amides is 1. The summed E-state index contributed by atoms with van der Waals surface area (Å²) in [5, 5.41) is 6.79. The third-order valence-corrected chi connectivity index (χ3v) is 3.64. The molecular formula is C17H23N5O4. The monoisotopic (exact) mass is 361 g/mol. The first-order chi connectivity index (χ1) is 12.3. The van der Waals surface area contributed by atoms with Gasteiger partial charge in [-0.25, -0.2) is 9.67 Å². The Hall–Kier alpha value is -2.97. The van der Waals surface area contributed by atoms with E-state index in [0.717, 1.165) is 11.4 Å². The second-order valence-corrected chi connectivity index (χ2v) is 5.75. The highest BCUT2D eigenvalue weighted by Crippen LogP contribution is 2.09. The van der Waals surface area contributed by atoms with Crippen molar-refractivity contribution in [3.63, 3.8) is 0 Å². The van der Waals surface area contributed by atoms with E-state index in [1.165, 1.54) is 15.3 Å². The number of hydrogen-bond donors (Lipinski definition) is 1. The molecule has 9 nitrogen and oxygen atoms in total. The lowest BCUT2D eigenvalue weighted by molar-refractivity contribution is -0.143. The molecule has 0 atom stereocenters. The van der Waals surface area contributed by atoms with E-state index < -0.39 is 11.9 Å². The number of nitrogens with zero attached hydrogens (tertiary/aromatic N) is 4. The van der Waals surface area contributed by atoms with E-state index in [-0.39, 0.29) is 31.2 Å². The molecule has 0 aliphatic carbocycles. The van der Waals surface area contributed by atoms with Crippen LogP contribution in [0.2, 0.25) is 0 Å². The van der Waals surface area contributed by atoms with Crippen molar-refractivity contribution in [1.29, 1.82) is 0 Å². The van der Waals surface area contributed by atoms with Crippen molar-refractivity contribution in [2.75, 3.05) is 13.2 Å². The molecule has 0 bridgehead atoms. The van der Waals surface area contributed by atoms with Gasteiger partial charge in [0.25, 0.3) is 5.56 Å². The van der Waals surface area contributed by atoms with Gasteiger partial charge < -0.3 is 10.1 Å². The minimum absolute atomic E-state index is 0.235. The number of esters is 1. The van der Waals surface area contributed by atoms with E-state index in [1.54, 1.807) is 6.92 Å². The Morgan fingerprint density at radius 1 is 1.23 bits per heavy atom. The van der Waals surface area contributed by atoms with Crippen LogP contribution in [0.5, 0.6) is 0 Å². The number of aryl methyl sites for hydroxylation is 3. The number of nitrogens with one attached hydrogen (secondary N) is 1. The normalized spacial score (nSPS) is 10.6. The molecule has 0 unspecified atom stereocenters. The molecule has 0 aromatic carbocycles. The summed E-state index contributed by atoms with van der Waals surface area (Å²) in [5.41, 5.74) is 1.83. The maximum Gasteiger partial charge on any atom is 0.325 e. The van der Waals surface area contributed by atoms with E-state index >= 15 is 0 Å². The molecule has 26 heavy (non-hydrogen) atoms. The van der Waals surface area contributed by atoms with Gasteiger partial charge in [0, 0.05) is 17.5 Å². The summed E-state index contributed by atoms with van der Waals surface area (Å²) < 4.78 is 7.53. The van der Waals surface area contributed by atoms with Crippen LogP contribution in [0.3, 0.4) is 0 Å². The van der Waals surface area contributed by atoms with Crippen LogP contribution in [0.4, 0.5) is 0 Å². The fourth-order valence-electron chi connectivity index (χ4n) is 2.45. The van der Waals surface area contributed by atoms with Gasteiger partial charge in [-0.1, -0.05) is 6.92 Å². The van der Waals surface area contributed by atoms with Crippen LogP contribution in [0.25, 0.3) is 5.95 Å². The number of carbonyl (C=O) groups is 2. The van der Waals surface area contributed by atoms with E-state index in [1.807, 2.05) is 26.8 Å². The highest BCUT2D eigenvalue weighted by molar-refractivity contribution is 5.81. The first-order valence-corrected chi connectivity index (χ1v) is 8.42. The Kier molecular flexibility index (Phi) is 6.26. The molecule has 0 radical (unpaired) electrons. The van der Waals surface area contributed by atoms with Crippen molar-refractivity contribution in [1.82, 2.24) is 24.6 Å². The van der Waals surface area contributed by atoms with Crippen LogP contribution in [0, 0.1) is 13.8 Å². The molecule has 9 heteroatoms. The molecule has 1 amide bonds. The SMILES string of the molecule is CCOC(=O)CNC(=O)Cn1c(-n2nc(C)cc2C)nc(CC)cc1=O. The molecule has 140 valence electrons. The highest BCUT2D eigenvalue weighted by atomic mass is 16.5. The van der Waals surface area contributed by atoms with Crippen LogP contribution in [-0.4, -0.2) is 44.4 Å². The largest absolute Gasteiger partial charge is 0.465 e. The summed E-state index contributed by atoms with van der Waals surface area (Å²) in [6.45, 7) is 6.96. The quantitative estimate of drug-likeness (QED) is 0.710. The number of hydrogen-bond acceptors (Lipinski definition) is 6. The fourth-order valence-corrected chi connectivity index (χ4v) is 2.45. The molecule has 0 aliphatic rings. The lowest BCUT2D eigenvalue weighted by atomic mass is 10.3. The lowest BCUT2D eigenvalue weighted by Gasteiger charge is -2.14. The summed E-state index contributed by atoms with van der Waals surface area (Å²) in [5.74, 6) is -0.758. The highest BCUT2D eigenvalue weighted by Gasteiger charge is 2.16. The van der Waals surface area contributed by atoms with E-state index in [2.05, 4.69) is 15.4 Å². The predicted molar refractivity (Wildman–Crippen MR) is 94.1 cm³/mol. The summed E-state index contributed by atoms with van der Waals surface area (Å²) >= 11 is 0. The van der Waals surface area contributed by atoms with E-state index in [0.29, 0.717) is 12.1 Å². The molecule has 1 N–H and O–H groups in total. The number of aromatic nitrogens is 4. The van der Waals surface area contributed by atoms with Gasteiger partial charge in [0.1, 0.15) is 13.1 Å². The minimum atomic E-state index is -0.536. The van der Waals surface area contributed by atoms with Gasteiger partial charge in [0.2, 0.25) is 11.9 Å². The Labute approximate surface area is 151 Å². The molecule has 2 heterocycles. The van der Waals surface area contributed by atoms with Crippen LogP contribution in [0.1, 0.15) is 30.9 Å². The Morgan fingerprint density at radius 3 is 2.54 bits per heavy atom. The van der Waals surface area contributed by atoms with Crippen LogP contribution < -0.4 is 10.9 Å². The standard InChI is InChI=1S/C17H23N5O4/c1-5-13-8-15(24)21(10-14(23)18-9-16(25)26-6-2)17(19-13)22-12(4)7-11(3)20-22/h7-8H,5-6,9-10H2,1-4H3,(H,18,23). The molecule has 0 spiro atoms. The zero-order valence-electron chi connectivity index (χ0n) is 15.4. The first kappa shape index (κ1) is 19.4. The van der Waals surface area contributed by atoms with Crippen LogP contribution in [0.15, 0.2) is 16.9 Å². The molecule has 0 aliphatic heterocycles. The zero-order valence-corrected chi connectivity index (χ0v) is 15.4. The molecular weight excluding hydrogens is 338 g/mol. The van der Waals surface area contributed by atoms with E-state index in [9.17, 15) is 14.4 Å². The van der Waals surface area contributed by atoms with Gasteiger partial charge in [-0.15, -0.1) is 0 Å².